The fourth-order valence-corrected chi connectivity index (χ4v) is 5.65. The third kappa shape index (κ3) is 8.98. The number of hydrogen-bond acceptors (Lipinski definition) is 5. The Morgan fingerprint density at radius 3 is 2.27 bits per heavy atom. The van der Waals surface area contributed by atoms with Crippen molar-refractivity contribution in [2.24, 2.45) is 17.1 Å². The summed E-state index contributed by atoms with van der Waals surface area (Å²) < 4.78 is 31.1. The van der Waals surface area contributed by atoms with Crippen molar-refractivity contribution in [3.05, 3.63) is 83.7 Å². The summed E-state index contributed by atoms with van der Waals surface area (Å²) in [5, 5.41) is 15.7. The Morgan fingerprint density at radius 2 is 1.71 bits per heavy atom. The number of hydrogen-bond donors (Lipinski definition) is 4. The molecule has 2 aromatic carbocycles. The number of rotatable bonds is 14. The molecule has 0 aliphatic heterocycles. The molecule has 3 aromatic rings. The topological polar surface area (TPSA) is 130 Å². The van der Waals surface area contributed by atoms with Gasteiger partial charge in [0.05, 0.1) is 18.1 Å². The molecule has 5 N–H and O–H groups in total. The van der Waals surface area contributed by atoms with Gasteiger partial charge >= 0.3 is 0 Å². The Bertz CT molecular complexity index is 1470. The molecular weight excluding hydrogens is 580 g/mol. The summed E-state index contributed by atoms with van der Waals surface area (Å²) in [5.74, 6) is -2.95. The van der Waals surface area contributed by atoms with E-state index in [1.807, 2.05) is 55.7 Å². The molecule has 0 unspecified atom stereocenters. The van der Waals surface area contributed by atoms with Gasteiger partial charge < -0.3 is 25.6 Å². The van der Waals surface area contributed by atoms with Crippen LogP contribution < -0.4 is 16.4 Å². The molecule has 3 atom stereocenters. The zero-order valence-corrected chi connectivity index (χ0v) is 26.8. The lowest BCUT2D eigenvalue weighted by atomic mass is 9.82. The van der Waals surface area contributed by atoms with Crippen molar-refractivity contribution in [2.45, 2.75) is 65.7 Å². The fourth-order valence-electron chi connectivity index (χ4n) is 5.65. The molecule has 0 aliphatic rings. The van der Waals surface area contributed by atoms with E-state index < -0.39 is 53.6 Å². The van der Waals surface area contributed by atoms with Crippen molar-refractivity contribution in [3.63, 3.8) is 0 Å². The van der Waals surface area contributed by atoms with Crippen molar-refractivity contribution in [1.29, 1.82) is 0 Å². The van der Waals surface area contributed by atoms with Crippen LogP contribution in [-0.4, -0.2) is 64.6 Å². The summed E-state index contributed by atoms with van der Waals surface area (Å²) in [5.41, 5.74) is 7.06. The molecular formula is C34H45F2N5O4. The maximum absolute atomic E-state index is 15.0. The first-order chi connectivity index (χ1) is 21.2. The van der Waals surface area contributed by atoms with E-state index in [0.717, 1.165) is 23.8 Å². The van der Waals surface area contributed by atoms with Crippen LogP contribution in [0.4, 0.5) is 8.78 Å². The van der Waals surface area contributed by atoms with Crippen molar-refractivity contribution < 1.29 is 28.3 Å². The van der Waals surface area contributed by atoms with Crippen LogP contribution in [0.3, 0.4) is 0 Å². The van der Waals surface area contributed by atoms with Gasteiger partial charge in [0.25, 0.3) is 0 Å². The zero-order chi connectivity index (χ0) is 33.5. The van der Waals surface area contributed by atoms with Gasteiger partial charge in [-0.25, -0.2) is 8.78 Å². The van der Waals surface area contributed by atoms with E-state index in [1.54, 1.807) is 26.1 Å². The molecule has 3 amide bonds. The van der Waals surface area contributed by atoms with Gasteiger partial charge in [0, 0.05) is 43.2 Å². The second kappa shape index (κ2) is 15.3. The number of nitrogens with two attached hydrogens (primary N) is 1. The highest BCUT2D eigenvalue weighted by atomic mass is 19.1. The van der Waals surface area contributed by atoms with Crippen molar-refractivity contribution in [3.8, 4) is 11.1 Å². The monoisotopic (exact) mass is 625 g/mol. The van der Waals surface area contributed by atoms with Gasteiger partial charge in [0.2, 0.25) is 17.7 Å². The maximum Gasteiger partial charge on any atom is 0.248 e. The first-order valence-corrected chi connectivity index (χ1v) is 15.0. The zero-order valence-electron chi connectivity index (χ0n) is 26.8. The van der Waals surface area contributed by atoms with Crippen molar-refractivity contribution in [1.82, 2.24) is 20.1 Å². The summed E-state index contributed by atoms with van der Waals surface area (Å²) in [6, 6.07) is 12.2. The number of primary amides is 1. The van der Waals surface area contributed by atoms with Crippen LogP contribution in [-0.2, 0) is 20.9 Å². The van der Waals surface area contributed by atoms with Crippen molar-refractivity contribution in [2.75, 3.05) is 20.2 Å². The molecule has 3 rings (SSSR count). The molecule has 0 saturated carbocycles. The van der Waals surface area contributed by atoms with Gasteiger partial charge in [-0.3, -0.25) is 19.7 Å². The van der Waals surface area contributed by atoms with Gasteiger partial charge in [-0.05, 0) is 47.6 Å². The van der Waals surface area contributed by atoms with E-state index in [9.17, 15) is 28.3 Å². The lowest BCUT2D eigenvalue weighted by Gasteiger charge is -2.41. The average molecular weight is 626 g/mol. The van der Waals surface area contributed by atoms with E-state index in [2.05, 4.69) is 10.6 Å². The van der Waals surface area contributed by atoms with Gasteiger partial charge in [-0.2, -0.15) is 0 Å². The summed E-state index contributed by atoms with van der Waals surface area (Å²) in [7, 11) is 1.48. The molecule has 0 radical (unpaired) electrons. The van der Waals surface area contributed by atoms with E-state index in [4.69, 9.17) is 5.73 Å². The number of nitrogens with one attached hydrogen (secondary N) is 2. The van der Waals surface area contributed by atoms with Crippen LogP contribution in [0.15, 0.2) is 60.8 Å². The number of benzene rings is 2. The molecule has 0 aliphatic carbocycles. The number of aliphatic hydroxyl groups is 1. The van der Waals surface area contributed by atoms with Gasteiger partial charge in [0.1, 0.15) is 18.2 Å². The number of carbonyl (C=O) groups is 3. The summed E-state index contributed by atoms with van der Waals surface area (Å²) in [6.07, 6.45) is 1.83. The fraction of sp³-hybridized carbons (Fsp3) is 0.441. The molecule has 0 fully saturated rings. The summed E-state index contributed by atoms with van der Waals surface area (Å²) >= 11 is 0. The number of nitrogens with zero attached hydrogens (tertiary/aromatic N) is 2. The molecule has 1 heterocycles. The molecule has 1 aromatic heterocycles. The van der Waals surface area contributed by atoms with E-state index in [-0.39, 0.29) is 30.4 Å². The molecule has 244 valence electrons. The van der Waals surface area contributed by atoms with Crippen LogP contribution in [0.1, 0.15) is 58.3 Å². The second-order valence-corrected chi connectivity index (χ2v) is 12.7. The lowest BCUT2D eigenvalue weighted by Crippen LogP contribution is -2.55. The normalized spacial score (nSPS) is 13.7. The highest BCUT2D eigenvalue weighted by molar-refractivity contribution is 5.84. The Hall–Kier alpha value is -4.09. The van der Waals surface area contributed by atoms with Crippen LogP contribution >= 0.6 is 0 Å². The molecule has 9 nitrogen and oxygen atoms in total. The molecule has 0 spiro atoms. The summed E-state index contributed by atoms with van der Waals surface area (Å²) in [6.45, 7) is 9.04. The number of amides is 3. The minimum absolute atomic E-state index is 0.0240. The van der Waals surface area contributed by atoms with E-state index in [0.29, 0.717) is 17.8 Å². The Morgan fingerprint density at radius 1 is 1.04 bits per heavy atom. The van der Waals surface area contributed by atoms with Crippen LogP contribution in [0.5, 0.6) is 0 Å². The molecule has 0 saturated heterocycles. The quantitative estimate of drug-likeness (QED) is 0.215. The minimum Gasteiger partial charge on any atom is -0.387 e. The first kappa shape index (κ1) is 35.4. The SMILES string of the molecule is CNC(=O)[C@H](CCN(C(=O)CO)[C@@H](c1cc(-c2cc(F)ccc2F)cn1Cc1ccccc1)C(C)(C)C)N[C@H](C(N)=O)C(C)C. The third-order valence-electron chi connectivity index (χ3n) is 7.81. The Balaban J connectivity index is 2.14. The number of likely N-dealkylation sites (N-methyl/N-ethyl adjacent to an activating group) is 1. The maximum atomic E-state index is 15.0. The summed E-state index contributed by atoms with van der Waals surface area (Å²) in [4.78, 5) is 40.0. The largest absolute Gasteiger partial charge is 0.387 e. The predicted octanol–water partition coefficient (Wildman–Crippen LogP) is 3.99. The smallest absolute Gasteiger partial charge is 0.248 e. The number of aromatic nitrogens is 1. The standard InChI is InChI=1S/C34H45F2N5O4/c1-21(2)30(32(37)44)39-27(33(45)38-6)14-15-41(29(43)20-42)31(34(3,4)5)28-16-23(25-17-24(35)12-13-26(25)36)19-40(28)18-22-10-8-7-9-11-22/h7-13,16-17,19,21,27,30-31,39,42H,14-15,18,20H2,1-6H3,(H2,37,44)(H,38,45)/t27-,30-,31-/m0/s1. The third-order valence-corrected chi connectivity index (χ3v) is 7.81. The number of carbonyl (C=O) groups excluding carboxylic acids is 3. The van der Waals surface area contributed by atoms with Crippen LogP contribution in [0.2, 0.25) is 0 Å². The molecule has 45 heavy (non-hydrogen) atoms. The average Bonchev–Trinajstić information content (AvgIpc) is 3.38. The van der Waals surface area contributed by atoms with Crippen LogP contribution in [0.25, 0.3) is 11.1 Å². The second-order valence-electron chi connectivity index (χ2n) is 12.7. The van der Waals surface area contributed by atoms with Crippen molar-refractivity contribution >= 4 is 17.7 Å². The number of aliphatic hydroxyl groups excluding tert-OH is 1. The lowest BCUT2D eigenvalue weighted by molar-refractivity contribution is -0.140. The Labute approximate surface area is 263 Å². The first-order valence-electron chi connectivity index (χ1n) is 15.0. The number of halogens is 2. The minimum atomic E-state index is -0.877. The Kier molecular flexibility index (Phi) is 12.0. The predicted molar refractivity (Wildman–Crippen MR) is 170 cm³/mol. The molecule has 11 heteroatoms. The van der Waals surface area contributed by atoms with Gasteiger partial charge in [-0.15, -0.1) is 0 Å². The van der Waals surface area contributed by atoms with Crippen LogP contribution in [0, 0.1) is 23.0 Å². The highest BCUT2D eigenvalue weighted by Crippen LogP contribution is 2.41. The van der Waals surface area contributed by atoms with Gasteiger partial charge in [0.15, 0.2) is 0 Å². The van der Waals surface area contributed by atoms with E-state index >= 15 is 0 Å². The van der Waals surface area contributed by atoms with Gasteiger partial charge in [-0.1, -0.05) is 65.0 Å². The molecule has 0 bridgehead atoms. The highest BCUT2D eigenvalue weighted by Gasteiger charge is 2.38. The van der Waals surface area contributed by atoms with E-state index in [1.165, 1.54) is 11.9 Å².